The quantitative estimate of drug-likeness (QED) is 0.187. The summed E-state index contributed by atoms with van der Waals surface area (Å²) in [7, 11) is 3.22. The van der Waals surface area contributed by atoms with E-state index in [9.17, 15) is 0 Å². The first-order valence-corrected chi connectivity index (χ1v) is 9.94. The highest BCUT2D eigenvalue weighted by molar-refractivity contribution is 6.22. The van der Waals surface area contributed by atoms with Crippen molar-refractivity contribution in [1.82, 2.24) is 0 Å². The SMILES string of the molecule is CCCCCCCCC(CCCOC(C)OCC)C(Cl)(OC)OC. The van der Waals surface area contributed by atoms with Gasteiger partial charge in [0.25, 0.3) is 5.25 Å². The monoisotopic (exact) mass is 366 g/mol. The van der Waals surface area contributed by atoms with Crippen molar-refractivity contribution in [1.29, 1.82) is 0 Å². The van der Waals surface area contributed by atoms with E-state index in [1.54, 1.807) is 14.2 Å². The van der Waals surface area contributed by atoms with Crippen LogP contribution in [0.25, 0.3) is 0 Å². The Bertz CT molecular complexity index is 272. The Balaban J connectivity index is 4.19. The largest absolute Gasteiger partial charge is 0.353 e. The number of rotatable bonds is 17. The first kappa shape index (κ1) is 24.1. The summed E-state index contributed by atoms with van der Waals surface area (Å²) < 4.78 is 21.9. The normalized spacial score (nSPS) is 14.8. The van der Waals surface area contributed by atoms with Gasteiger partial charge in [-0.3, -0.25) is 0 Å². The van der Waals surface area contributed by atoms with Crippen LogP contribution in [0.3, 0.4) is 0 Å². The number of halogens is 1. The molecule has 24 heavy (non-hydrogen) atoms. The van der Waals surface area contributed by atoms with E-state index in [0.29, 0.717) is 13.2 Å². The third-order valence-corrected chi connectivity index (χ3v) is 5.02. The standard InChI is InChI=1S/C19H39ClO4/c1-6-8-9-10-11-12-14-18(19(20,21-4)22-5)15-13-16-24-17(3)23-7-2/h17-18H,6-16H2,1-5H3. The molecule has 0 rings (SSSR count). The average Bonchev–Trinajstić information content (AvgIpc) is 2.59. The second kappa shape index (κ2) is 15.4. The van der Waals surface area contributed by atoms with Crippen LogP contribution in [-0.2, 0) is 18.9 Å². The summed E-state index contributed by atoms with van der Waals surface area (Å²) in [6.07, 6.45) is 10.3. The van der Waals surface area contributed by atoms with Gasteiger partial charge in [-0.2, -0.15) is 0 Å². The first-order valence-electron chi connectivity index (χ1n) is 9.56. The molecule has 5 heteroatoms. The molecule has 0 saturated heterocycles. The van der Waals surface area contributed by atoms with Crippen LogP contribution in [0.5, 0.6) is 0 Å². The van der Waals surface area contributed by atoms with E-state index in [2.05, 4.69) is 6.92 Å². The van der Waals surface area contributed by atoms with E-state index < -0.39 is 5.25 Å². The third kappa shape index (κ3) is 10.9. The van der Waals surface area contributed by atoms with Gasteiger partial charge in [-0.05, 0) is 33.1 Å². The fourth-order valence-corrected chi connectivity index (χ4v) is 3.16. The van der Waals surface area contributed by atoms with Crippen LogP contribution in [0, 0.1) is 5.92 Å². The van der Waals surface area contributed by atoms with Gasteiger partial charge in [-0.15, -0.1) is 0 Å². The minimum Gasteiger partial charge on any atom is -0.353 e. The van der Waals surface area contributed by atoms with Gasteiger partial charge in [-0.25, -0.2) is 0 Å². The van der Waals surface area contributed by atoms with Crippen LogP contribution < -0.4 is 0 Å². The Labute approximate surface area is 154 Å². The summed E-state index contributed by atoms with van der Waals surface area (Å²) >= 11 is 6.52. The van der Waals surface area contributed by atoms with Gasteiger partial charge in [0.05, 0.1) is 0 Å². The van der Waals surface area contributed by atoms with Crippen molar-refractivity contribution in [3.8, 4) is 0 Å². The molecule has 0 amide bonds. The molecule has 146 valence electrons. The summed E-state index contributed by atoms with van der Waals surface area (Å²) in [5, 5.41) is -1.03. The fraction of sp³-hybridized carbons (Fsp3) is 1.00. The maximum absolute atomic E-state index is 6.52. The second-order valence-corrected chi connectivity index (χ2v) is 6.81. The maximum atomic E-state index is 6.52. The second-order valence-electron chi connectivity index (χ2n) is 6.28. The fourth-order valence-electron chi connectivity index (χ4n) is 2.94. The van der Waals surface area contributed by atoms with Gasteiger partial charge in [0.1, 0.15) is 0 Å². The Kier molecular flexibility index (Phi) is 15.5. The molecular formula is C19H39ClO4. The molecule has 0 radical (unpaired) electrons. The van der Waals surface area contributed by atoms with Crippen molar-refractivity contribution in [3.05, 3.63) is 0 Å². The zero-order chi connectivity index (χ0) is 18.3. The summed E-state index contributed by atoms with van der Waals surface area (Å²) in [5.41, 5.74) is 0. The molecule has 0 bridgehead atoms. The molecule has 4 nitrogen and oxygen atoms in total. The van der Waals surface area contributed by atoms with Gasteiger partial charge >= 0.3 is 0 Å². The van der Waals surface area contributed by atoms with Crippen molar-refractivity contribution >= 4 is 11.6 Å². The predicted octanol–water partition coefficient (Wildman–Crippen LogP) is 5.72. The average molecular weight is 367 g/mol. The van der Waals surface area contributed by atoms with Crippen LogP contribution in [-0.4, -0.2) is 39.0 Å². The lowest BCUT2D eigenvalue weighted by molar-refractivity contribution is -0.181. The Morgan fingerprint density at radius 3 is 2.00 bits per heavy atom. The molecule has 0 aromatic heterocycles. The van der Waals surface area contributed by atoms with Crippen molar-refractivity contribution in [3.63, 3.8) is 0 Å². The first-order chi connectivity index (χ1) is 11.5. The lowest BCUT2D eigenvalue weighted by Crippen LogP contribution is -2.36. The summed E-state index contributed by atoms with van der Waals surface area (Å²) in [6.45, 7) is 7.46. The van der Waals surface area contributed by atoms with Crippen LogP contribution in [0.1, 0.15) is 78.6 Å². The van der Waals surface area contributed by atoms with Gasteiger partial charge in [0.2, 0.25) is 0 Å². The molecule has 0 spiro atoms. The molecule has 2 unspecified atom stereocenters. The minimum atomic E-state index is -1.03. The van der Waals surface area contributed by atoms with Gasteiger partial charge in [-0.1, -0.05) is 57.0 Å². The number of hydrogen-bond acceptors (Lipinski definition) is 4. The number of hydrogen-bond donors (Lipinski definition) is 0. The number of alkyl halides is 1. The maximum Gasteiger partial charge on any atom is 0.250 e. The Morgan fingerprint density at radius 2 is 1.42 bits per heavy atom. The summed E-state index contributed by atoms with van der Waals surface area (Å²) in [4.78, 5) is 0. The summed E-state index contributed by atoms with van der Waals surface area (Å²) in [5.74, 6) is 0.159. The molecule has 0 aliphatic carbocycles. The van der Waals surface area contributed by atoms with E-state index in [1.165, 1.54) is 32.1 Å². The molecule has 0 heterocycles. The number of methoxy groups -OCH3 is 2. The van der Waals surface area contributed by atoms with Crippen LogP contribution >= 0.6 is 11.6 Å². The van der Waals surface area contributed by atoms with Crippen LogP contribution in [0.4, 0.5) is 0 Å². The molecule has 0 aliphatic heterocycles. The van der Waals surface area contributed by atoms with Crippen LogP contribution in [0.2, 0.25) is 0 Å². The third-order valence-electron chi connectivity index (χ3n) is 4.40. The number of unbranched alkanes of at least 4 members (excludes halogenated alkanes) is 5. The molecule has 2 atom stereocenters. The van der Waals surface area contributed by atoms with Gasteiger partial charge in [0, 0.05) is 33.4 Å². The van der Waals surface area contributed by atoms with E-state index in [0.717, 1.165) is 25.7 Å². The smallest absolute Gasteiger partial charge is 0.250 e. The molecule has 0 fully saturated rings. The van der Waals surface area contributed by atoms with Crippen molar-refractivity contribution in [2.45, 2.75) is 90.1 Å². The van der Waals surface area contributed by atoms with E-state index in [4.69, 9.17) is 30.5 Å². The van der Waals surface area contributed by atoms with Crippen molar-refractivity contribution in [2.24, 2.45) is 5.92 Å². The van der Waals surface area contributed by atoms with Crippen molar-refractivity contribution in [2.75, 3.05) is 27.4 Å². The molecule has 0 saturated carbocycles. The summed E-state index contributed by atoms with van der Waals surface area (Å²) in [6, 6.07) is 0. The number of ether oxygens (including phenoxy) is 4. The lowest BCUT2D eigenvalue weighted by atomic mass is 9.94. The lowest BCUT2D eigenvalue weighted by Gasteiger charge is -2.32. The molecule has 0 aliphatic rings. The molecular weight excluding hydrogens is 328 g/mol. The Hall–Kier alpha value is 0.130. The highest BCUT2D eigenvalue weighted by atomic mass is 35.5. The Morgan fingerprint density at radius 1 is 0.833 bits per heavy atom. The van der Waals surface area contributed by atoms with Crippen molar-refractivity contribution < 1.29 is 18.9 Å². The molecule has 0 aromatic rings. The zero-order valence-electron chi connectivity index (χ0n) is 16.4. The zero-order valence-corrected chi connectivity index (χ0v) is 17.2. The predicted molar refractivity (Wildman–Crippen MR) is 100 cm³/mol. The van der Waals surface area contributed by atoms with E-state index >= 15 is 0 Å². The van der Waals surface area contributed by atoms with Gasteiger partial charge < -0.3 is 18.9 Å². The highest BCUT2D eigenvalue weighted by Gasteiger charge is 2.36. The van der Waals surface area contributed by atoms with E-state index in [-0.39, 0.29) is 12.2 Å². The van der Waals surface area contributed by atoms with Crippen LogP contribution in [0.15, 0.2) is 0 Å². The highest BCUT2D eigenvalue weighted by Crippen LogP contribution is 2.35. The topological polar surface area (TPSA) is 36.9 Å². The molecule has 0 N–H and O–H groups in total. The van der Waals surface area contributed by atoms with E-state index in [1.807, 2.05) is 13.8 Å². The molecule has 0 aromatic carbocycles. The van der Waals surface area contributed by atoms with Gasteiger partial charge in [0.15, 0.2) is 6.29 Å². The minimum absolute atomic E-state index is 0.155.